The summed E-state index contributed by atoms with van der Waals surface area (Å²) in [4.78, 5) is 29.0. The van der Waals surface area contributed by atoms with E-state index >= 15 is 0 Å². The molecule has 0 unspecified atom stereocenters. The third kappa shape index (κ3) is 5.15. The molecule has 0 spiro atoms. The molecule has 184 valence electrons. The first-order chi connectivity index (χ1) is 17.4. The summed E-state index contributed by atoms with van der Waals surface area (Å²) in [6, 6.07) is 17.7. The second kappa shape index (κ2) is 10.6. The summed E-state index contributed by atoms with van der Waals surface area (Å²) in [5, 5.41) is 14.5. The van der Waals surface area contributed by atoms with E-state index in [0.29, 0.717) is 46.2 Å². The molecule has 9 heteroatoms. The van der Waals surface area contributed by atoms with Gasteiger partial charge in [-0.2, -0.15) is 0 Å². The average molecular weight is 487 g/mol. The monoisotopic (exact) mass is 487 g/mol. The van der Waals surface area contributed by atoms with Crippen LogP contribution in [0.4, 0.5) is 11.4 Å². The molecule has 1 heterocycles. The molecule has 36 heavy (non-hydrogen) atoms. The van der Waals surface area contributed by atoms with Gasteiger partial charge in [0.2, 0.25) is 5.55 Å². The van der Waals surface area contributed by atoms with Crippen molar-refractivity contribution in [2.75, 3.05) is 26.1 Å². The largest absolute Gasteiger partial charge is 0.545 e. The van der Waals surface area contributed by atoms with Gasteiger partial charge >= 0.3 is 0 Å². The highest BCUT2D eigenvalue weighted by molar-refractivity contribution is 6.06. The van der Waals surface area contributed by atoms with Crippen LogP contribution >= 0.6 is 0 Å². The van der Waals surface area contributed by atoms with Crippen molar-refractivity contribution < 1.29 is 33.3 Å². The molecule has 0 bridgehead atoms. The lowest BCUT2D eigenvalue weighted by Crippen LogP contribution is -2.22. The predicted molar refractivity (Wildman–Crippen MR) is 131 cm³/mol. The minimum atomic E-state index is -1.30. The number of hydrogen-bond donors (Lipinski definition) is 1. The summed E-state index contributed by atoms with van der Waals surface area (Å²) < 4.78 is 22.4. The van der Waals surface area contributed by atoms with Crippen LogP contribution in [0.2, 0.25) is 0 Å². The summed E-state index contributed by atoms with van der Waals surface area (Å²) in [5.74, 6) is -0.300. The lowest BCUT2D eigenvalue weighted by Gasteiger charge is -2.12. The number of nitrogens with zero attached hydrogens (tertiary/aromatic N) is 1. The highest BCUT2D eigenvalue weighted by Gasteiger charge is 2.17. The zero-order chi connectivity index (χ0) is 25.7. The smallest absolute Gasteiger partial charge is 0.261 e. The van der Waals surface area contributed by atoms with Gasteiger partial charge in [0.1, 0.15) is 17.1 Å². The van der Waals surface area contributed by atoms with E-state index in [2.05, 4.69) is 10.3 Å². The lowest BCUT2D eigenvalue weighted by molar-refractivity contribution is -0.255. The van der Waals surface area contributed by atoms with Gasteiger partial charge in [-0.05, 0) is 48.9 Å². The van der Waals surface area contributed by atoms with Crippen LogP contribution in [-0.2, 0) is 0 Å². The number of methoxy groups -OCH3 is 2. The Bertz CT molecular complexity index is 1490. The Morgan fingerprint density at radius 2 is 1.75 bits per heavy atom. The fourth-order valence-corrected chi connectivity index (χ4v) is 3.52. The topological polar surface area (TPSA) is 122 Å². The molecule has 9 nitrogen and oxygen atoms in total. The van der Waals surface area contributed by atoms with Crippen molar-refractivity contribution in [2.24, 2.45) is 4.99 Å². The SMILES string of the molecule is CCOc1cccc2cc(C(=O)Nc3ccc(OC)cc3OC)c(=Nc3ccc(C(=O)[O-])cc3)oc12. The van der Waals surface area contributed by atoms with Crippen molar-refractivity contribution in [3.63, 3.8) is 0 Å². The summed E-state index contributed by atoms with van der Waals surface area (Å²) in [5.41, 5.74) is 1.40. The third-order valence-electron chi connectivity index (χ3n) is 5.27. The first-order valence-electron chi connectivity index (χ1n) is 11.0. The van der Waals surface area contributed by atoms with Crippen molar-refractivity contribution >= 4 is 34.2 Å². The van der Waals surface area contributed by atoms with Crippen LogP contribution in [0, 0.1) is 0 Å². The van der Waals surface area contributed by atoms with E-state index in [4.69, 9.17) is 18.6 Å². The quantitative estimate of drug-likeness (QED) is 0.402. The number of ether oxygens (including phenoxy) is 3. The van der Waals surface area contributed by atoms with Crippen molar-refractivity contribution in [1.29, 1.82) is 0 Å². The molecule has 0 aliphatic rings. The van der Waals surface area contributed by atoms with Gasteiger partial charge in [-0.25, -0.2) is 4.99 Å². The van der Waals surface area contributed by atoms with E-state index in [1.165, 1.54) is 38.5 Å². The summed E-state index contributed by atoms with van der Waals surface area (Å²) >= 11 is 0. The van der Waals surface area contributed by atoms with Crippen LogP contribution < -0.4 is 30.2 Å². The molecule has 0 saturated heterocycles. The zero-order valence-electron chi connectivity index (χ0n) is 19.9. The molecule has 1 aromatic heterocycles. The lowest BCUT2D eigenvalue weighted by atomic mass is 10.1. The van der Waals surface area contributed by atoms with Gasteiger partial charge in [0.25, 0.3) is 5.91 Å². The number of fused-ring (bicyclic) bond motifs is 1. The number of carboxylic acids is 1. The van der Waals surface area contributed by atoms with Crippen LogP contribution in [0.1, 0.15) is 27.6 Å². The molecule has 3 aromatic carbocycles. The van der Waals surface area contributed by atoms with E-state index in [1.807, 2.05) is 6.92 Å². The summed E-state index contributed by atoms with van der Waals surface area (Å²) in [6.07, 6.45) is 0. The molecular weight excluding hydrogens is 464 g/mol. The van der Waals surface area contributed by atoms with Crippen molar-refractivity contribution in [3.8, 4) is 17.2 Å². The van der Waals surface area contributed by atoms with Gasteiger partial charge < -0.3 is 33.8 Å². The number of hydrogen-bond acceptors (Lipinski definition) is 8. The Labute approximate surface area is 206 Å². The van der Waals surface area contributed by atoms with Gasteiger partial charge in [0.15, 0.2) is 11.3 Å². The van der Waals surface area contributed by atoms with Gasteiger partial charge in [-0.15, -0.1) is 0 Å². The molecule has 4 aromatic rings. The molecule has 0 saturated carbocycles. The molecular formula is C27H23N2O7-. The third-order valence-corrected chi connectivity index (χ3v) is 5.27. The predicted octanol–water partition coefficient (Wildman–Crippen LogP) is 3.70. The Kier molecular flexibility index (Phi) is 7.20. The number of carbonyl (C=O) groups excluding carboxylic acids is 2. The van der Waals surface area contributed by atoms with Crippen LogP contribution in [0.3, 0.4) is 0 Å². The molecule has 0 fully saturated rings. The summed E-state index contributed by atoms with van der Waals surface area (Å²) in [7, 11) is 3.02. The number of rotatable bonds is 8. The van der Waals surface area contributed by atoms with Crippen LogP contribution in [0.25, 0.3) is 11.0 Å². The normalized spacial score (nSPS) is 11.2. The van der Waals surface area contributed by atoms with Crippen molar-refractivity contribution in [3.05, 3.63) is 83.4 Å². The number of nitrogens with one attached hydrogen (secondary N) is 1. The van der Waals surface area contributed by atoms with E-state index in [9.17, 15) is 14.7 Å². The molecule has 0 aliphatic carbocycles. The van der Waals surface area contributed by atoms with E-state index in [0.717, 1.165) is 0 Å². The summed E-state index contributed by atoms with van der Waals surface area (Å²) in [6.45, 7) is 2.28. The molecule has 0 radical (unpaired) electrons. The van der Waals surface area contributed by atoms with Gasteiger partial charge in [-0.1, -0.05) is 24.3 Å². The number of para-hydroxylation sites is 1. The second-order valence-corrected chi connectivity index (χ2v) is 7.54. The maximum absolute atomic E-state index is 13.4. The average Bonchev–Trinajstić information content (AvgIpc) is 2.89. The van der Waals surface area contributed by atoms with Crippen LogP contribution in [-0.4, -0.2) is 32.7 Å². The Hall–Kier alpha value is -4.79. The zero-order valence-corrected chi connectivity index (χ0v) is 19.9. The van der Waals surface area contributed by atoms with E-state index in [-0.39, 0.29) is 16.7 Å². The van der Waals surface area contributed by atoms with Gasteiger partial charge in [0, 0.05) is 11.5 Å². The molecule has 0 atom stereocenters. The Morgan fingerprint density at radius 1 is 0.972 bits per heavy atom. The maximum Gasteiger partial charge on any atom is 0.261 e. The molecule has 1 amide bonds. The van der Waals surface area contributed by atoms with E-state index in [1.54, 1.807) is 42.5 Å². The Morgan fingerprint density at radius 3 is 2.42 bits per heavy atom. The minimum absolute atomic E-state index is 0.00704. The van der Waals surface area contributed by atoms with Gasteiger partial charge in [0.05, 0.1) is 38.2 Å². The van der Waals surface area contributed by atoms with E-state index < -0.39 is 11.9 Å². The first kappa shape index (κ1) is 24.3. The fourth-order valence-electron chi connectivity index (χ4n) is 3.52. The fraction of sp³-hybridized carbons (Fsp3) is 0.148. The molecule has 4 rings (SSSR count). The second-order valence-electron chi connectivity index (χ2n) is 7.54. The number of aromatic carboxylic acids is 1. The van der Waals surface area contributed by atoms with Crippen molar-refractivity contribution in [2.45, 2.75) is 6.92 Å². The highest BCUT2D eigenvalue weighted by Crippen LogP contribution is 2.30. The standard InChI is InChI=1S/C27H24N2O7/c1-4-35-22-7-5-6-17-14-20(25(30)29-21-13-12-19(33-2)15-23(21)34-3)26(36-24(17)22)28-18-10-8-16(9-11-18)27(31)32/h5-15H,4H2,1-3H3,(H,29,30)(H,31,32)/p-1. The molecule has 0 aliphatic heterocycles. The number of anilines is 1. The van der Waals surface area contributed by atoms with Crippen molar-refractivity contribution in [1.82, 2.24) is 0 Å². The number of amides is 1. The minimum Gasteiger partial charge on any atom is -0.545 e. The Balaban J connectivity index is 1.85. The van der Waals surface area contributed by atoms with Crippen LogP contribution in [0.5, 0.6) is 17.2 Å². The maximum atomic E-state index is 13.4. The molecule has 1 N–H and O–H groups in total. The number of carbonyl (C=O) groups is 2. The van der Waals surface area contributed by atoms with Crippen LogP contribution in [0.15, 0.2) is 76.1 Å². The highest BCUT2D eigenvalue weighted by atomic mass is 16.5. The van der Waals surface area contributed by atoms with Gasteiger partial charge in [-0.3, -0.25) is 4.79 Å². The number of benzene rings is 3. The first-order valence-corrected chi connectivity index (χ1v) is 11.0. The number of carboxylic acid groups (broad SMARTS) is 1.